The first-order valence-corrected chi connectivity index (χ1v) is 4.32. The largest absolute Gasteiger partial charge is 0.465 e. The Bertz CT molecular complexity index is 456. The SMILES string of the molecule is COC(=O)c1cc(F)cc2c1CC(=O)N2. The number of ether oxygens (including phenoxy) is 1. The van der Waals surface area contributed by atoms with Crippen LogP contribution in [-0.4, -0.2) is 19.0 Å². The molecule has 1 aromatic carbocycles. The number of halogens is 1. The number of methoxy groups -OCH3 is 1. The molecule has 1 amide bonds. The number of carbonyl (C=O) groups is 2. The van der Waals surface area contributed by atoms with Crippen LogP contribution in [0.1, 0.15) is 15.9 Å². The summed E-state index contributed by atoms with van der Waals surface area (Å²) in [6.45, 7) is 0. The van der Waals surface area contributed by atoms with E-state index in [2.05, 4.69) is 10.1 Å². The summed E-state index contributed by atoms with van der Waals surface area (Å²) < 4.78 is 17.6. The Morgan fingerprint density at radius 2 is 2.27 bits per heavy atom. The van der Waals surface area contributed by atoms with E-state index in [1.807, 2.05) is 0 Å². The highest BCUT2D eigenvalue weighted by Gasteiger charge is 2.25. The van der Waals surface area contributed by atoms with Crippen LogP contribution in [0.25, 0.3) is 0 Å². The standard InChI is InChI=1S/C10H8FNO3/c1-15-10(14)7-2-5(11)3-8-6(7)4-9(13)12-8/h2-3H,4H2,1H3,(H,12,13). The number of fused-ring (bicyclic) bond motifs is 1. The van der Waals surface area contributed by atoms with Crippen LogP contribution >= 0.6 is 0 Å². The van der Waals surface area contributed by atoms with Crippen molar-refractivity contribution >= 4 is 17.6 Å². The number of hydrogen-bond donors (Lipinski definition) is 1. The van der Waals surface area contributed by atoms with Crippen LogP contribution < -0.4 is 5.32 Å². The highest BCUT2D eigenvalue weighted by molar-refractivity contribution is 6.04. The molecule has 2 rings (SSSR count). The van der Waals surface area contributed by atoms with Crippen LogP contribution in [0.4, 0.5) is 10.1 Å². The van der Waals surface area contributed by atoms with Crippen molar-refractivity contribution in [1.82, 2.24) is 0 Å². The van der Waals surface area contributed by atoms with Crippen LogP contribution in [0.15, 0.2) is 12.1 Å². The van der Waals surface area contributed by atoms with E-state index in [9.17, 15) is 14.0 Å². The van der Waals surface area contributed by atoms with Crippen LogP contribution in [0.3, 0.4) is 0 Å². The van der Waals surface area contributed by atoms with Gasteiger partial charge in [-0.15, -0.1) is 0 Å². The zero-order chi connectivity index (χ0) is 11.0. The molecule has 0 bridgehead atoms. The molecule has 0 radical (unpaired) electrons. The van der Waals surface area contributed by atoms with Crippen LogP contribution in [0.5, 0.6) is 0 Å². The topological polar surface area (TPSA) is 55.4 Å². The van der Waals surface area contributed by atoms with Gasteiger partial charge in [-0.3, -0.25) is 4.79 Å². The van der Waals surface area contributed by atoms with E-state index < -0.39 is 11.8 Å². The molecule has 0 atom stereocenters. The minimum absolute atomic E-state index is 0.0834. The smallest absolute Gasteiger partial charge is 0.338 e. The molecule has 0 aliphatic carbocycles. The van der Waals surface area contributed by atoms with Crippen LogP contribution in [0.2, 0.25) is 0 Å². The van der Waals surface area contributed by atoms with Crippen molar-refractivity contribution in [3.05, 3.63) is 29.1 Å². The van der Waals surface area contributed by atoms with Gasteiger partial charge in [0.1, 0.15) is 5.82 Å². The van der Waals surface area contributed by atoms with Gasteiger partial charge >= 0.3 is 5.97 Å². The van der Waals surface area contributed by atoms with E-state index in [-0.39, 0.29) is 17.9 Å². The van der Waals surface area contributed by atoms with Gasteiger partial charge in [0, 0.05) is 5.69 Å². The van der Waals surface area contributed by atoms with Gasteiger partial charge < -0.3 is 10.1 Å². The molecule has 1 aromatic rings. The summed E-state index contributed by atoms with van der Waals surface area (Å²) in [6, 6.07) is 2.26. The van der Waals surface area contributed by atoms with Gasteiger partial charge in [-0.05, 0) is 17.7 Å². The number of benzene rings is 1. The molecule has 0 unspecified atom stereocenters. The third-order valence-corrected chi connectivity index (χ3v) is 2.23. The number of amides is 1. The highest BCUT2D eigenvalue weighted by Crippen LogP contribution is 2.28. The lowest BCUT2D eigenvalue weighted by Crippen LogP contribution is -2.06. The first-order valence-electron chi connectivity index (χ1n) is 4.32. The van der Waals surface area contributed by atoms with Gasteiger partial charge in [0.25, 0.3) is 0 Å². The fourth-order valence-electron chi connectivity index (χ4n) is 1.59. The highest BCUT2D eigenvalue weighted by atomic mass is 19.1. The molecule has 0 saturated carbocycles. The molecular weight excluding hydrogens is 201 g/mol. The van der Waals surface area contributed by atoms with Gasteiger partial charge in [0.05, 0.1) is 19.1 Å². The van der Waals surface area contributed by atoms with Crippen molar-refractivity contribution in [3.8, 4) is 0 Å². The van der Waals surface area contributed by atoms with E-state index in [1.54, 1.807) is 0 Å². The first kappa shape index (κ1) is 9.64. The van der Waals surface area contributed by atoms with Gasteiger partial charge in [-0.2, -0.15) is 0 Å². The Kier molecular flexibility index (Phi) is 2.15. The molecule has 0 saturated heterocycles. The lowest BCUT2D eigenvalue weighted by Gasteiger charge is -2.05. The monoisotopic (exact) mass is 209 g/mol. The second kappa shape index (κ2) is 3.34. The average molecular weight is 209 g/mol. The summed E-state index contributed by atoms with van der Waals surface area (Å²) in [5.41, 5.74) is 0.944. The molecule has 0 spiro atoms. The van der Waals surface area contributed by atoms with E-state index in [0.717, 1.165) is 6.07 Å². The van der Waals surface area contributed by atoms with Gasteiger partial charge in [-0.1, -0.05) is 0 Å². The molecule has 1 heterocycles. The van der Waals surface area contributed by atoms with Crippen LogP contribution in [0, 0.1) is 5.82 Å². The number of rotatable bonds is 1. The Morgan fingerprint density at radius 1 is 1.53 bits per heavy atom. The van der Waals surface area contributed by atoms with Crippen molar-refractivity contribution in [1.29, 1.82) is 0 Å². The molecule has 0 aromatic heterocycles. The lowest BCUT2D eigenvalue weighted by molar-refractivity contribution is -0.115. The molecule has 5 heteroatoms. The number of esters is 1. The second-order valence-electron chi connectivity index (χ2n) is 3.20. The number of hydrogen-bond acceptors (Lipinski definition) is 3. The molecule has 78 valence electrons. The molecule has 1 aliphatic heterocycles. The summed E-state index contributed by atoms with van der Waals surface area (Å²) in [7, 11) is 1.21. The number of nitrogens with one attached hydrogen (secondary N) is 1. The second-order valence-corrected chi connectivity index (χ2v) is 3.20. The zero-order valence-electron chi connectivity index (χ0n) is 7.96. The summed E-state index contributed by atoms with van der Waals surface area (Å²) in [4.78, 5) is 22.4. The lowest BCUT2D eigenvalue weighted by atomic mass is 10.0. The van der Waals surface area contributed by atoms with Crippen molar-refractivity contribution in [3.63, 3.8) is 0 Å². The van der Waals surface area contributed by atoms with E-state index in [4.69, 9.17) is 0 Å². The maximum atomic E-state index is 13.1. The summed E-state index contributed by atoms with van der Waals surface area (Å²) in [5.74, 6) is -1.46. The molecule has 1 aliphatic rings. The van der Waals surface area contributed by atoms with Crippen molar-refractivity contribution in [2.45, 2.75) is 6.42 Å². The molecule has 1 N–H and O–H groups in total. The van der Waals surface area contributed by atoms with E-state index in [1.165, 1.54) is 13.2 Å². The third-order valence-electron chi connectivity index (χ3n) is 2.23. The zero-order valence-corrected chi connectivity index (χ0v) is 7.96. The maximum absolute atomic E-state index is 13.1. The minimum Gasteiger partial charge on any atom is -0.465 e. The predicted octanol–water partition coefficient (Wildman–Crippen LogP) is 1.11. The number of anilines is 1. The predicted molar refractivity (Wildman–Crippen MR) is 50.1 cm³/mol. The fraction of sp³-hybridized carbons (Fsp3) is 0.200. The summed E-state index contributed by atoms with van der Waals surface area (Å²) in [5, 5.41) is 2.47. The average Bonchev–Trinajstić information content (AvgIpc) is 2.55. The number of carbonyl (C=O) groups excluding carboxylic acids is 2. The van der Waals surface area contributed by atoms with Gasteiger partial charge in [-0.25, -0.2) is 9.18 Å². The Balaban J connectivity index is 2.56. The van der Waals surface area contributed by atoms with Gasteiger partial charge in [0.2, 0.25) is 5.91 Å². The Labute approximate surface area is 85.0 Å². The van der Waals surface area contributed by atoms with Crippen molar-refractivity contribution in [2.24, 2.45) is 0 Å². The van der Waals surface area contributed by atoms with Gasteiger partial charge in [0.15, 0.2) is 0 Å². The first-order chi connectivity index (χ1) is 7.11. The van der Waals surface area contributed by atoms with E-state index >= 15 is 0 Å². The Hall–Kier alpha value is -1.91. The Morgan fingerprint density at radius 3 is 2.93 bits per heavy atom. The summed E-state index contributed by atoms with van der Waals surface area (Å²) >= 11 is 0. The fourth-order valence-corrected chi connectivity index (χ4v) is 1.59. The molecule has 0 fully saturated rings. The van der Waals surface area contributed by atoms with Crippen molar-refractivity contribution < 1.29 is 18.7 Å². The van der Waals surface area contributed by atoms with Crippen molar-refractivity contribution in [2.75, 3.05) is 12.4 Å². The quantitative estimate of drug-likeness (QED) is 0.705. The summed E-state index contributed by atoms with van der Waals surface area (Å²) in [6.07, 6.45) is 0.0834. The van der Waals surface area contributed by atoms with E-state index in [0.29, 0.717) is 11.3 Å². The third kappa shape index (κ3) is 1.56. The minimum atomic E-state index is -0.637. The normalized spacial score (nSPS) is 13.3. The maximum Gasteiger partial charge on any atom is 0.338 e. The molecular formula is C10H8FNO3. The molecule has 4 nitrogen and oxygen atoms in total. The van der Waals surface area contributed by atoms with Crippen LogP contribution in [-0.2, 0) is 16.0 Å². The molecule has 15 heavy (non-hydrogen) atoms.